The Morgan fingerprint density at radius 2 is 1.90 bits per heavy atom. The van der Waals surface area contributed by atoms with E-state index in [4.69, 9.17) is 23.2 Å². The Morgan fingerprint density at radius 3 is 2.57 bits per heavy atom. The lowest BCUT2D eigenvalue weighted by atomic mass is 10.1. The van der Waals surface area contributed by atoms with Crippen LogP contribution in [0.4, 0.5) is 4.39 Å². The van der Waals surface area contributed by atoms with Crippen molar-refractivity contribution >= 4 is 33.2 Å². The zero-order valence-corrected chi connectivity index (χ0v) is 13.4. The zero-order valence-electron chi connectivity index (χ0n) is 11.0. The molecule has 2 rings (SSSR count). The average Bonchev–Trinajstić information content (AvgIpc) is 2.43. The van der Waals surface area contributed by atoms with Crippen LogP contribution in [0, 0.1) is 12.7 Å². The number of nitrogens with one attached hydrogen (secondary N) is 1. The van der Waals surface area contributed by atoms with Crippen LogP contribution in [-0.2, 0) is 16.6 Å². The lowest BCUT2D eigenvalue weighted by Crippen LogP contribution is -2.23. The first kappa shape index (κ1) is 16.2. The molecule has 0 aliphatic carbocycles. The Bertz CT molecular complexity index is 779. The lowest BCUT2D eigenvalue weighted by molar-refractivity contribution is 0.581. The number of sulfonamides is 1. The van der Waals surface area contributed by atoms with Gasteiger partial charge in [-0.3, -0.25) is 0 Å². The van der Waals surface area contributed by atoms with Crippen LogP contribution in [0.15, 0.2) is 41.3 Å². The maximum Gasteiger partial charge on any atom is 0.242 e. The minimum atomic E-state index is -3.79. The van der Waals surface area contributed by atoms with Crippen LogP contribution in [0.2, 0.25) is 10.0 Å². The van der Waals surface area contributed by atoms with Crippen molar-refractivity contribution in [2.45, 2.75) is 18.4 Å². The van der Waals surface area contributed by atoms with Crippen molar-refractivity contribution in [3.05, 3.63) is 63.4 Å². The van der Waals surface area contributed by atoms with Crippen LogP contribution in [-0.4, -0.2) is 8.42 Å². The number of rotatable bonds is 4. The van der Waals surface area contributed by atoms with Gasteiger partial charge in [0.05, 0.1) is 10.0 Å². The van der Waals surface area contributed by atoms with Crippen molar-refractivity contribution in [1.29, 1.82) is 0 Å². The molecule has 0 atom stereocenters. The first-order valence-corrected chi connectivity index (χ1v) is 8.24. The third kappa shape index (κ3) is 3.74. The van der Waals surface area contributed by atoms with Gasteiger partial charge in [-0.25, -0.2) is 17.5 Å². The Morgan fingerprint density at radius 1 is 1.19 bits per heavy atom. The molecule has 0 heterocycles. The summed E-state index contributed by atoms with van der Waals surface area (Å²) in [5, 5.41) is 0.138. The fraction of sp³-hybridized carbons (Fsp3) is 0.143. The maximum absolute atomic E-state index is 13.2. The molecular formula is C14H12Cl2FNO2S. The molecule has 0 aliphatic heterocycles. The molecule has 0 fully saturated rings. The van der Waals surface area contributed by atoms with E-state index in [1.54, 1.807) is 13.0 Å². The molecule has 0 radical (unpaired) electrons. The quantitative estimate of drug-likeness (QED) is 0.910. The summed E-state index contributed by atoms with van der Waals surface area (Å²) in [5.41, 5.74) is 1.10. The van der Waals surface area contributed by atoms with Gasteiger partial charge in [-0.1, -0.05) is 41.4 Å². The van der Waals surface area contributed by atoms with Gasteiger partial charge in [-0.15, -0.1) is 0 Å². The van der Waals surface area contributed by atoms with Gasteiger partial charge in [0.15, 0.2) is 0 Å². The van der Waals surface area contributed by atoms with Crippen molar-refractivity contribution in [2.75, 3.05) is 0 Å². The standard InChI is InChI=1S/C14H12Cl2FNO2S/c1-9-7-10(5-6-12(9)17)8-18-21(19,20)13-4-2-3-11(15)14(13)16/h2-7,18H,8H2,1H3. The molecule has 0 amide bonds. The highest BCUT2D eigenvalue weighted by molar-refractivity contribution is 7.89. The summed E-state index contributed by atoms with van der Waals surface area (Å²) < 4.78 is 40.0. The zero-order chi connectivity index (χ0) is 15.6. The Labute approximate surface area is 132 Å². The molecule has 0 aromatic heterocycles. The predicted octanol–water partition coefficient (Wildman–Crippen LogP) is 3.92. The summed E-state index contributed by atoms with van der Waals surface area (Å²) in [4.78, 5) is -0.0875. The van der Waals surface area contributed by atoms with E-state index < -0.39 is 10.0 Å². The molecule has 0 saturated heterocycles. The monoisotopic (exact) mass is 347 g/mol. The van der Waals surface area contributed by atoms with Gasteiger partial charge in [0.2, 0.25) is 10.0 Å². The van der Waals surface area contributed by atoms with Crippen LogP contribution in [0.25, 0.3) is 0 Å². The van der Waals surface area contributed by atoms with Crippen molar-refractivity contribution in [3.63, 3.8) is 0 Å². The fourth-order valence-corrected chi connectivity index (χ4v) is 3.54. The minimum absolute atomic E-state index is 0.0260. The second kappa shape index (κ2) is 6.32. The Kier molecular flexibility index (Phi) is 4.88. The van der Waals surface area contributed by atoms with E-state index in [1.807, 2.05) is 0 Å². The Hall–Kier alpha value is -1.14. The third-order valence-electron chi connectivity index (χ3n) is 2.89. The van der Waals surface area contributed by atoms with E-state index in [1.165, 1.54) is 30.3 Å². The van der Waals surface area contributed by atoms with Crippen molar-refractivity contribution in [2.24, 2.45) is 0 Å². The summed E-state index contributed by atoms with van der Waals surface area (Å²) in [6.45, 7) is 1.65. The summed E-state index contributed by atoms with van der Waals surface area (Å²) in [6, 6.07) is 8.77. The maximum atomic E-state index is 13.2. The van der Waals surface area contributed by atoms with E-state index in [2.05, 4.69) is 4.72 Å². The number of hydrogen-bond acceptors (Lipinski definition) is 2. The molecule has 0 saturated carbocycles. The molecule has 2 aromatic carbocycles. The van der Waals surface area contributed by atoms with Gasteiger partial charge < -0.3 is 0 Å². The average molecular weight is 348 g/mol. The smallest absolute Gasteiger partial charge is 0.207 e. The highest BCUT2D eigenvalue weighted by Gasteiger charge is 2.19. The highest BCUT2D eigenvalue weighted by atomic mass is 35.5. The molecule has 0 aliphatic rings. The largest absolute Gasteiger partial charge is 0.242 e. The fourth-order valence-electron chi connectivity index (χ4n) is 1.76. The highest BCUT2D eigenvalue weighted by Crippen LogP contribution is 2.28. The van der Waals surface area contributed by atoms with Gasteiger partial charge in [0.25, 0.3) is 0 Å². The number of benzene rings is 2. The molecule has 1 N–H and O–H groups in total. The van der Waals surface area contributed by atoms with Crippen molar-refractivity contribution < 1.29 is 12.8 Å². The van der Waals surface area contributed by atoms with Crippen molar-refractivity contribution in [3.8, 4) is 0 Å². The molecule has 0 unspecified atom stereocenters. The van der Waals surface area contributed by atoms with Gasteiger partial charge in [-0.2, -0.15) is 0 Å². The van der Waals surface area contributed by atoms with Crippen LogP contribution in [0.5, 0.6) is 0 Å². The van der Waals surface area contributed by atoms with E-state index in [0.29, 0.717) is 11.1 Å². The molecule has 7 heteroatoms. The van der Waals surface area contributed by atoms with Crippen LogP contribution in [0.3, 0.4) is 0 Å². The SMILES string of the molecule is Cc1cc(CNS(=O)(=O)c2cccc(Cl)c2Cl)ccc1F. The minimum Gasteiger partial charge on any atom is -0.207 e. The summed E-state index contributed by atoms with van der Waals surface area (Å²) in [6.07, 6.45) is 0. The normalized spacial score (nSPS) is 11.6. The second-order valence-corrected chi connectivity index (χ2v) is 6.98. The van der Waals surface area contributed by atoms with Gasteiger partial charge in [0, 0.05) is 6.54 Å². The summed E-state index contributed by atoms with van der Waals surface area (Å²) in [5.74, 6) is -0.334. The molecule has 112 valence electrons. The number of hydrogen-bond donors (Lipinski definition) is 1. The van der Waals surface area contributed by atoms with E-state index in [9.17, 15) is 12.8 Å². The number of halogens is 3. The Balaban J connectivity index is 2.22. The first-order chi connectivity index (χ1) is 9.81. The van der Waals surface area contributed by atoms with E-state index >= 15 is 0 Å². The van der Waals surface area contributed by atoms with Gasteiger partial charge >= 0.3 is 0 Å². The molecular weight excluding hydrogens is 336 g/mol. The lowest BCUT2D eigenvalue weighted by Gasteiger charge is -2.09. The third-order valence-corrected chi connectivity index (χ3v) is 5.27. The van der Waals surface area contributed by atoms with E-state index in [-0.39, 0.29) is 27.3 Å². The van der Waals surface area contributed by atoms with Gasteiger partial charge in [0.1, 0.15) is 10.7 Å². The van der Waals surface area contributed by atoms with Crippen LogP contribution >= 0.6 is 23.2 Å². The summed E-state index contributed by atoms with van der Waals surface area (Å²) in [7, 11) is -3.79. The molecule has 2 aromatic rings. The predicted molar refractivity (Wildman–Crippen MR) is 81.6 cm³/mol. The molecule has 3 nitrogen and oxygen atoms in total. The molecule has 0 spiro atoms. The van der Waals surface area contributed by atoms with Crippen LogP contribution < -0.4 is 4.72 Å². The van der Waals surface area contributed by atoms with Crippen molar-refractivity contribution in [1.82, 2.24) is 4.72 Å². The second-order valence-electron chi connectivity index (χ2n) is 4.46. The van der Waals surface area contributed by atoms with Crippen LogP contribution in [0.1, 0.15) is 11.1 Å². The number of aryl methyl sites for hydroxylation is 1. The summed E-state index contributed by atoms with van der Waals surface area (Å²) >= 11 is 11.7. The van der Waals surface area contributed by atoms with E-state index in [0.717, 1.165) is 0 Å². The molecule has 21 heavy (non-hydrogen) atoms. The topological polar surface area (TPSA) is 46.2 Å². The molecule has 0 bridgehead atoms. The van der Waals surface area contributed by atoms with Gasteiger partial charge in [-0.05, 0) is 36.2 Å². The first-order valence-electron chi connectivity index (χ1n) is 6.00.